The Morgan fingerprint density at radius 1 is 1.50 bits per heavy atom. The van der Waals surface area contributed by atoms with Crippen LogP contribution in [-0.2, 0) is 5.88 Å². The van der Waals surface area contributed by atoms with Gasteiger partial charge in [0.15, 0.2) is 0 Å². The zero-order valence-electron chi connectivity index (χ0n) is 9.42. The Kier molecular flexibility index (Phi) is 3.93. The van der Waals surface area contributed by atoms with Gasteiger partial charge in [-0.25, -0.2) is 4.98 Å². The van der Waals surface area contributed by atoms with Crippen LogP contribution in [0.2, 0.25) is 5.02 Å². The van der Waals surface area contributed by atoms with E-state index < -0.39 is 0 Å². The second-order valence-corrected chi connectivity index (χ2v) is 4.80. The van der Waals surface area contributed by atoms with E-state index in [0.717, 1.165) is 18.1 Å². The lowest BCUT2D eigenvalue weighted by atomic mass is 10.2. The largest absolute Gasteiger partial charge is 0.354 e. The van der Waals surface area contributed by atoms with Crippen molar-refractivity contribution in [3.05, 3.63) is 22.8 Å². The Balaban J connectivity index is 2.26. The summed E-state index contributed by atoms with van der Waals surface area (Å²) >= 11 is 11.8. The topological polar surface area (TPSA) is 16.1 Å². The van der Waals surface area contributed by atoms with E-state index in [0.29, 0.717) is 16.9 Å². The highest BCUT2D eigenvalue weighted by Crippen LogP contribution is 2.28. The minimum absolute atomic E-state index is 0.372. The van der Waals surface area contributed by atoms with Gasteiger partial charge in [0.05, 0.1) is 16.6 Å². The molecule has 1 saturated heterocycles. The second kappa shape index (κ2) is 5.24. The normalized spacial score (nSPS) is 20.4. The average molecular weight is 259 g/mol. The summed E-state index contributed by atoms with van der Waals surface area (Å²) in [7, 11) is 0. The van der Waals surface area contributed by atoms with Crippen LogP contribution in [0.5, 0.6) is 0 Å². The number of rotatable bonds is 3. The highest BCUT2D eigenvalue weighted by molar-refractivity contribution is 6.32. The molecular weight excluding hydrogens is 243 g/mol. The maximum absolute atomic E-state index is 6.01. The van der Waals surface area contributed by atoms with E-state index in [1.807, 2.05) is 12.1 Å². The van der Waals surface area contributed by atoms with E-state index in [-0.39, 0.29) is 0 Å². The molecule has 2 heterocycles. The van der Waals surface area contributed by atoms with Crippen molar-refractivity contribution in [1.29, 1.82) is 0 Å². The molecule has 0 aliphatic carbocycles. The van der Waals surface area contributed by atoms with Crippen LogP contribution in [0.1, 0.15) is 31.9 Å². The molecule has 4 heteroatoms. The summed E-state index contributed by atoms with van der Waals surface area (Å²) in [6.07, 6.45) is 3.68. The molecule has 0 saturated carbocycles. The van der Waals surface area contributed by atoms with Gasteiger partial charge in [-0.05, 0) is 31.4 Å². The monoisotopic (exact) mass is 258 g/mol. The van der Waals surface area contributed by atoms with E-state index in [1.54, 1.807) is 0 Å². The van der Waals surface area contributed by atoms with Crippen LogP contribution in [-0.4, -0.2) is 17.6 Å². The Morgan fingerprint density at radius 2 is 2.31 bits per heavy atom. The van der Waals surface area contributed by atoms with Crippen LogP contribution in [0, 0.1) is 0 Å². The number of hydrogen-bond donors (Lipinski definition) is 0. The Bertz CT molecular complexity index is 368. The van der Waals surface area contributed by atoms with Crippen molar-refractivity contribution < 1.29 is 0 Å². The fourth-order valence-corrected chi connectivity index (χ4v) is 2.73. The molecule has 1 aliphatic heterocycles. The lowest BCUT2D eigenvalue weighted by Crippen LogP contribution is -2.29. The van der Waals surface area contributed by atoms with Crippen molar-refractivity contribution in [2.24, 2.45) is 0 Å². The van der Waals surface area contributed by atoms with Crippen molar-refractivity contribution in [3.63, 3.8) is 0 Å². The van der Waals surface area contributed by atoms with Crippen LogP contribution in [0.25, 0.3) is 0 Å². The van der Waals surface area contributed by atoms with Crippen molar-refractivity contribution in [2.75, 3.05) is 11.4 Å². The summed E-state index contributed by atoms with van der Waals surface area (Å²) in [6.45, 7) is 3.32. The zero-order valence-corrected chi connectivity index (χ0v) is 10.9. The SMILES string of the molecule is CCC1CCCN1c1ccc(Cl)c(CCl)n1. The third-order valence-electron chi connectivity index (χ3n) is 3.17. The van der Waals surface area contributed by atoms with E-state index in [1.165, 1.54) is 19.3 Å². The number of alkyl halides is 1. The summed E-state index contributed by atoms with van der Waals surface area (Å²) in [5.74, 6) is 1.39. The van der Waals surface area contributed by atoms with E-state index in [2.05, 4.69) is 16.8 Å². The molecule has 0 bridgehead atoms. The van der Waals surface area contributed by atoms with Crippen LogP contribution >= 0.6 is 23.2 Å². The van der Waals surface area contributed by atoms with E-state index in [9.17, 15) is 0 Å². The third-order valence-corrected chi connectivity index (χ3v) is 3.77. The van der Waals surface area contributed by atoms with Gasteiger partial charge in [0.2, 0.25) is 0 Å². The summed E-state index contributed by atoms with van der Waals surface area (Å²) in [4.78, 5) is 6.90. The first-order chi connectivity index (χ1) is 7.76. The quantitative estimate of drug-likeness (QED) is 0.766. The molecule has 16 heavy (non-hydrogen) atoms. The van der Waals surface area contributed by atoms with Gasteiger partial charge in [-0.15, -0.1) is 11.6 Å². The zero-order chi connectivity index (χ0) is 11.5. The van der Waals surface area contributed by atoms with Crippen molar-refractivity contribution in [2.45, 2.75) is 38.1 Å². The molecule has 0 amide bonds. The maximum Gasteiger partial charge on any atom is 0.129 e. The fourth-order valence-electron chi connectivity index (χ4n) is 2.29. The number of anilines is 1. The summed E-state index contributed by atoms with van der Waals surface area (Å²) < 4.78 is 0. The first-order valence-electron chi connectivity index (χ1n) is 5.74. The highest BCUT2D eigenvalue weighted by Gasteiger charge is 2.24. The Hall–Kier alpha value is -0.470. The van der Waals surface area contributed by atoms with Gasteiger partial charge >= 0.3 is 0 Å². The minimum Gasteiger partial charge on any atom is -0.354 e. The number of halogens is 2. The third kappa shape index (κ3) is 2.28. The van der Waals surface area contributed by atoms with E-state index in [4.69, 9.17) is 23.2 Å². The standard InChI is InChI=1S/C12H16Cl2N2/c1-2-9-4-3-7-16(9)12-6-5-10(14)11(8-13)15-12/h5-6,9H,2-4,7-8H2,1H3. The molecule has 88 valence electrons. The molecule has 1 aromatic heterocycles. The fraction of sp³-hybridized carbons (Fsp3) is 0.583. The van der Waals surface area contributed by atoms with Gasteiger partial charge in [0.1, 0.15) is 5.82 Å². The van der Waals surface area contributed by atoms with Gasteiger partial charge in [-0.1, -0.05) is 18.5 Å². The molecule has 1 unspecified atom stereocenters. The summed E-state index contributed by atoms with van der Waals surface area (Å²) in [5, 5.41) is 0.658. The van der Waals surface area contributed by atoms with Gasteiger partial charge in [-0.2, -0.15) is 0 Å². The van der Waals surface area contributed by atoms with Gasteiger partial charge < -0.3 is 4.90 Å². The highest BCUT2D eigenvalue weighted by atomic mass is 35.5. The molecule has 1 aliphatic rings. The molecule has 0 N–H and O–H groups in total. The number of hydrogen-bond acceptors (Lipinski definition) is 2. The molecular formula is C12H16Cl2N2. The Morgan fingerprint density at radius 3 is 3.00 bits per heavy atom. The van der Waals surface area contributed by atoms with Crippen molar-refractivity contribution in [1.82, 2.24) is 4.98 Å². The number of aromatic nitrogens is 1. The molecule has 2 rings (SSSR count). The Labute approximate surface area is 107 Å². The van der Waals surface area contributed by atoms with Gasteiger partial charge in [-0.3, -0.25) is 0 Å². The second-order valence-electron chi connectivity index (χ2n) is 4.13. The van der Waals surface area contributed by atoms with Crippen LogP contribution < -0.4 is 4.90 Å². The molecule has 2 nitrogen and oxygen atoms in total. The maximum atomic E-state index is 6.01. The molecule has 1 atom stereocenters. The average Bonchev–Trinajstić information content (AvgIpc) is 2.78. The predicted molar refractivity (Wildman–Crippen MR) is 69.5 cm³/mol. The molecule has 1 aromatic rings. The first-order valence-corrected chi connectivity index (χ1v) is 6.65. The molecule has 1 fully saturated rings. The smallest absolute Gasteiger partial charge is 0.129 e. The van der Waals surface area contributed by atoms with E-state index >= 15 is 0 Å². The first kappa shape index (κ1) is 12.0. The summed E-state index contributed by atoms with van der Waals surface area (Å²) in [6, 6.07) is 4.51. The lowest BCUT2D eigenvalue weighted by molar-refractivity contribution is 0.640. The van der Waals surface area contributed by atoms with Crippen molar-refractivity contribution >= 4 is 29.0 Å². The predicted octanol–water partition coefficient (Wildman–Crippen LogP) is 3.85. The van der Waals surface area contributed by atoms with Gasteiger partial charge in [0, 0.05) is 12.6 Å². The van der Waals surface area contributed by atoms with Crippen molar-refractivity contribution in [3.8, 4) is 0 Å². The molecule has 0 spiro atoms. The summed E-state index contributed by atoms with van der Waals surface area (Å²) in [5.41, 5.74) is 0.780. The molecule has 0 radical (unpaired) electrons. The number of pyridine rings is 1. The van der Waals surface area contributed by atoms with Crippen LogP contribution in [0.3, 0.4) is 0 Å². The molecule has 0 aromatic carbocycles. The number of nitrogens with zero attached hydrogens (tertiary/aromatic N) is 2. The van der Waals surface area contributed by atoms with Crippen LogP contribution in [0.15, 0.2) is 12.1 Å². The minimum atomic E-state index is 0.372. The lowest BCUT2D eigenvalue weighted by Gasteiger charge is -2.25. The van der Waals surface area contributed by atoms with Gasteiger partial charge in [0.25, 0.3) is 0 Å². The van der Waals surface area contributed by atoms with Crippen LogP contribution in [0.4, 0.5) is 5.82 Å².